The zero-order valence-corrected chi connectivity index (χ0v) is 13.1. The molecule has 8 heteroatoms. The van der Waals surface area contributed by atoms with Crippen molar-refractivity contribution in [1.82, 2.24) is 10.6 Å². The van der Waals surface area contributed by atoms with E-state index in [2.05, 4.69) is 15.8 Å². The highest BCUT2D eigenvalue weighted by Crippen LogP contribution is 2.26. The van der Waals surface area contributed by atoms with Gasteiger partial charge in [0, 0.05) is 13.0 Å². The van der Waals surface area contributed by atoms with Crippen molar-refractivity contribution in [3.63, 3.8) is 0 Å². The van der Waals surface area contributed by atoms with Gasteiger partial charge in [-0.2, -0.15) is 0 Å². The lowest BCUT2D eigenvalue weighted by atomic mass is 10.1. The van der Waals surface area contributed by atoms with Crippen LogP contribution in [0.1, 0.15) is 24.6 Å². The average molecular weight is 330 g/mol. The Kier molecular flexibility index (Phi) is 5.58. The molecule has 1 aromatic heterocycles. The second-order valence-corrected chi connectivity index (χ2v) is 6.22. The molecule has 21 heavy (non-hydrogen) atoms. The third-order valence-corrected chi connectivity index (χ3v) is 4.09. The Balaban J connectivity index is 1.77. The van der Waals surface area contributed by atoms with E-state index in [9.17, 15) is 9.59 Å². The van der Waals surface area contributed by atoms with Gasteiger partial charge >= 0.3 is 0 Å². The van der Waals surface area contributed by atoms with Gasteiger partial charge in [-0.05, 0) is 18.6 Å². The minimum atomic E-state index is -0.695. The number of nitrogens with one attached hydrogen (secondary N) is 2. The quantitative estimate of drug-likeness (QED) is 0.830. The van der Waals surface area contributed by atoms with Gasteiger partial charge < -0.3 is 15.5 Å². The van der Waals surface area contributed by atoms with Crippen LogP contribution in [0.5, 0.6) is 0 Å². The van der Waals surface area contributed by atoms with E-state index in [1.165, 1.54) is 11.3 Å². The lowest BCUT2D eigenvalue weighted by Crippen LogP contribution is -2.41. The van der Waals surface area contributed by atoms with Gasteiger partial charge in [-0.15, -0.1) is 11.3 Å². The summed E-state index contributed by atoms with van der Waals surface area (Å²) in [4.78, 5) is 29.3. The van der Waals surface area contributed by atoms with Gasteiger partial charge in [0.25, 0.3) is 5.91 Å². The molecule has 114 valence electrons. The monoisotopic (exact) mass is 329 g/mol. The fraction of sp³-hybridized carbons (Fsp3) is 0.462. The summed E-state index contributed by atoms with van der Waals surface area (Å²) in [6.07, 6.45) is 0.533. The maximum atomic E-state index is 11.9. The van der Waals surface area contributed by atoms with Crippen molar-refractivity contribution in [2.24, 2.45) is 5.16 Å². The van der Waals surface area contributed by atoms with Crippen LogP contribution in [0.3, 0.4) is 0 Å². The Bertz CT molecular complexity index is 559. The summed E-state index contributed by atoms with van der Waals surface area (Å²) in [7, 11) is 0. The van der Waals surface area contributed by atoms with E-state index >= 15 is 0 Å². The Morgan fingerprint density at radius 1 is 1.48 bits per heavy atom. The molecule has 0 saturated heterocycles. The van der Waals surface area contributed by atoms with Crippen LogP contribution in [-0.4, -0.2) is 36.7 Å². The van der Waals surface area contributed by atoms with E-state index in [1.807, 2.05) is 13.0 Å². The molecule has 0 radical (unpaired) electrons. The van der Waals surface area contributed by atoms with Crippen LogP contribution >= 0.6 is 22.9 Å². The smallest absolute Gasteiger partial charge is 0.264 e. The zero-order chi connectivity index (χ0) is 15.2. The highest BCUT2D eigenvalue weighted by Gasteiger charge is 2.29. The van der Waals surface area contributed by atoms with Crippen LogP contribution in [0.25, 0.3) is 0 Å². The maximum absolute atomic E-state index is 11.9. The molecule has 0 aromatic carbocycles. The van der Waals surface area contributed by atoms with Crippen LogP contribution in [-0.2, 0) is 14.4 Å². The summed E-state index contributed by atoms with van der Waals surface area (Å²) in [5.41, 5.74) is 0.697. The SMILES string of the molecule is CCCNC(=O)CNC(=O)[C@@H]1CC(c2ccc(Cl)s2)=NO1. The van der Waals surface area contributed by atoms with Gasteiger partial charge in [0.1, 0.15) is 5.71 Å². The number of oxime groups is 1. The number of rotatable bonds is 6. The minimum Gasteiger partial charge on any atom is -0.382 e. The number of carbonyl (C=O) groups excluding carboxylic acids is 2. The molecular weight excluding hydrogens is 314 g/mol. The summed E-state index contributed by atoms with van der Waals surface area (Å²) in [5, 5.41) is 9.12. The van der Waals surface area contributed by atoms with Crippen LogP contribution in [0.4, 0.5) is 0 Å². The average Bonchev–Trinajstić information content (AvgIpc) is 3.11. The molecule has 0 fully saturated rings. The number of amides is 2. The molecule has 0 aliphatic carbocycles. The summed E-state index contributed by atoms with van der Waals surface area (Å²) >= 11 is 7.25. The van der Waals surface area contributed by atoms with Crippen molar-refractivity contribution in [3.8, 4) is 0 Å². The first-order valence-electron chi connectivity index (χ1n) is 6.63. The molecule has 1 aliphatic heterocycles. The first-order chi connectivity index (χ1) is 10.1. The summed E-state index contributed by atoms with van der Waals surface area (Å²) in [6, 6.07) is 3.61. The number of hydrogen-bond donors (Lipinski definition) is 2. The largest absolute Gasteiger partial charge is 0.382 e. The predicted molar refractivity (Wildman–Crippen MR) is 81.7 cm³/mol. The van der Waals surface area contributed by atoms with Crippen LogP contribution in [0.2, 0.25) is 4.34 Å². The minimum absolute atomic E-state index is 0.0567. The number of carbonyl (C=O) groups is 2. The highest BCUT2D eigenvalue weighted by molar-refractivity contribution is 7.18. The molecule has 6 nitrogen and oxygen atoms in total. The van der Waals surface area contributed by atoms with Crippen molar-refractivity contribution in [2.45, 2.75) is 25.9 Å². The molecule has 1 aliphatic rings. The van der Waals surface area contributed by atoms with Crippen molar-refractivity contribution in [1.29, 1.82) is 0 Å². The number of thiophene rings is 1. The fourth-order valence-electron chi connectivity index (χ4n) is 1.74. The van der Waals surface area contributed by atoms with Gasteiger partial charge in [0.2, 0.25) is 12.0 Å². The van der Waals surface area contributed by atoms with Gasteiger partial charge in [0.05, 0.1) is 15.8 Å². The molecule has 1 aromatic rings. The van der Waals surface area contributed by atoms with E-state index in [0.29, 0.717) is 23.0 Å². The van der Waals surface area contributed by atoms with Crippen molar-refractivity contribution < 1.29 is 14.4 Å². The Labute approximate surface area is 131 Å². The van der Waals surface area contributed by atoms with Crippen LogP contribution in [0.15, 0.2) is 17.3 Å². The lowest BCUT2D eigenvalue weighted by Gasteiger charge is -2.09. The highest BCUT2D eigenvalue weighted by atomic mass is 35.5. The second kappa shape index (κ2) is 7.42. The van der Waals surface area contributed by atoms with Gasteiger partial charge in [-0.1, -0.05) is 23.7 Å². The molecule has 0 spiro atoms. The number of halogens is 1. The second-order valence-electron chi connectivity index (χ2n) is 4.51. The molecule has 2 heterocycles. The Hall–Kier alpha value is -1.60. The Morgan fingerprint density at radius 3 is 2.95 bits per heavy atom. The van der Waals surface area contributed by atoms with Crippen molar-refractivity contribution in [3.05, 3.63) is 21.3 Å². The van der Waals surface area contributed by atoms with Gasteiger partial charge in [0.15, 0.2) is 0 Å². The molecule has 0 saturated carbocycles. The van der Waals surface area contributed by atoms with E-state index in [-0.39, 0.29) is 18.4 Å². The van der Waals surface area contributed by atoms with E-state index in [0.717, 1.165) is 11.3 Å². The number of nitrogens with zero attached hydrogens (tertiary/aromatic N) is 1. The van der Waals surface area contributed by atoms with Gasteiger partial charge in [-0.3, -0.25) is 9.59 Å². The normalized spacial score (nSPS) is 17.0. The maximum Gasteiger partial charge on any atom is 0.264 e. The molecule has 2 rings (SSSR count). The molecule has 2 amide bonds. The molecule has 0 bridgehead atoms. The fourth-order valence-corrected chi connectivity index (χ4v) is 2.77. The first-order valence-corrected chi connectivity index (χ1v) is 7.82. The Morgan fingerprint density at radius 2 is 2.29 bits per heavy atom. The topological polar surface area (TPSA) is 79.8 Å². The van der Waals surface area contributed by atoms with E-state index in [1.54, 1.807) is 6.07 Å². The summed E-state index contributed by atoms with van der Waals surface area (Å²) in [6.45, 7) is 2.50. The third kappa shape index (κ3) is 4.44. The first kappa shape index (κ1) is 15.8. The van der Waals surface area contributed by atoms with Crippen LogP contribution < -0.4 is 10.6 Å². The standard InChI is InChI=1S/C13H16ClN3O3S/c1-2-5-15-12(18)7-16-13(19)9-6-8(17-20-9)10-3-4-11(14)21-10/h3-4,9H,2,5-7H2,1H3,(H,15,18)(H,16,19)/t9-/m0/s1. The molecular formula is C13H16ClN3O3S. The van der Waals surface area contributed by atoms with Crippen molar-refractivity contribution in [2.75, 3.05) is 13.1 Å². The molecule has 2 N–H and O–H groups in total. The number of hydrogen-bond acceptors (Lipinski definition) is 5. The van der Waals surface area contributed by atoms with Crippen LogP contribution in [0, 0.1) is 0 Å². The third-order valence-electron chi connectivity index (χ3n) is 2.81. The predicted octanol–water partition coefficient (Wildman–Crippen LogP) is 1.54. The molecule has 0 unspecified atom stereocenters. The lowest BCUT2D eigenvalue weighted by molar-refractivity contribution is -0.133. The zero-order valence-electron chi connectivity index (χ0n) is 11.5. The van der Waals surface area contributed by atoms with E-state index < -0.39 is 6.10 Å². The van der Waals surface area contributed by atoms with E-state index in [4.69, 9.17) is 16.4 Å². The molecule has 1 atom stereocenters. The van der Waals surface area contributed by atoms with Crippen molar-refractivity contribution >= 4 is 40.5 Å². The summed E-state index contributed by atoms with van der Waals surface area (Å²) < 4.78 is 0.660. The van der Waals surface area contributed by atoms with Gasteiger partial charge in [-0.25, -0.2) is 0 Å². The summed E-state index contributed by atoms with van der Waals surface area (Å²) in [5.74, 6) is -0.558.